The number of aromatic amines is 1. The largest absolute Gasteiger partial charge is 0.388 e. The normalized spacial score (nSPS) is 16.0. The van der Waals surface area contributed by atoms with E-state index in [1.807, 2.05) is 36.4 Å². The molecule has 3 aromatic rings. The van der Waals surface area contributed by atoms with Crippen molar-refractivity contribution in [3.05, 3.63) is 77.5 Å². The number of fused-ring (bicyclic) bond motifs is 1. The second-order valence-corrected chi connectivity index (χ2v) is 6.95. The zero-order chi connectivity index (χ0) is 17.8. The second-order valence-electron chi connectivity index (χ2n) is 6.95. The molecule has 1 aliphatic heterocycles. The summed E-state index contributed by atoms with van der Waals surface area (Å²) >= 11 is 0. The van der Waals surface area contributed by atoms with Crippen molar-refractivity contribution in [1.82, 2.24) is 15.1 Å². The summed E-state index contributed by atoms with van der Waals surface area (Å²) in [6.07, 6.45) is 2.36. The number of aliphatic hydroxyl groups is 1. The molecule has 0 bridgehead atoms. The van der Waals surface area contributed by atoms with Crippen LogP contribution >= 0.6 is 0 Å². The molecule has 0 saturated carbocycles. The zero-order valence-electron chi connectivity index (χ0n) is 14.9. The maximum absolute atomic E-state index is 10.4. The summed E-state index contributed by atoms with van der Waals surface area (Å²) in [5.74, 6) is 0. The summed E-state index contributed by atoms with van der Waals surface area (Å²) in [6, 6.07) is 20.3. The van der Waals surface area contributed by atoms with Crippen molar-refractivity contribution in [2.24, 2.45) is 0 Å². The number of rotatable bonds is 5. The first-order valence-corrected chi connectivity index (χ1v) is 9.38. The first-order chi connectivity index (χ1) is 12.8. The highest BCUT2D eigenvalue weighted by Gasteiger charge is 2.20. The number of hydrogen-bond acceptors (Lipinski definition) is 3. The Morgan fingerprint density at radius 3 is 2.42 bits per heavy atom. The van der Waals surface area contributed by atoms with Crippen molar-refractivity contribution in [2.45, 2.75) is 25.4 Å². The number of H-pyrrole nitrogens is 1. The maximum atomic E-state index is 10.4. The minimum absolute atomic E-state index is 0.390. The lowest BCUT2D eigenvalue weighted by Crippen LogP contribution is -2.28. The van der Waals surface area contributed by atoms with Gasteiger partial charge < -0.3 is 10.0 Å². The number of aliphatic hydroxyl groups excluding tert-OH is 1. The molecule has 0 amide bonds. The molecule has 0 fully saturated rings. The minimum atomic E-state index is -0.390. The molecule has 2 heterocycles. The van der Waals surface area contributed by atoms with Gasteiger partial charge in [0.15, 0.2) is 0 Å². The Kier molecular flexibility index (Phi) is 5.14. The summed E-state index contributed by atoms with van der Waals surface area (Å²) in [6.45, 7) is 2.92. The molecule has 0 radical (unpaired) electrons. The Morgan fingerprint density at radius 2 is 1.65 bits per heavy atom. The van der Waals surface area contributed by atoms with Crippen LogP contribution in [-0.2, 0) is 12.8 Å². The Balaban J connectivity index is 1.39. The lowest BCUT2D eigenvalue weighted by molar-refractivity contribution is 0.143. The standard InChI is InChI=1S/C22H25N3O/c26-21(17-7-3-1-4-8-17)13-16-25-14-11-19-20(12-15-25)23-24-22(19)18-9-5-2-6-10-18/h1-10,21,26H,11-16H2,(H,23,24)/t21-/m0/s1. The van der Waals surface area contributed by atoms with Gasteiger partial charge in [-0.3, -0.25) is 5.10 Å². The van der Waals surface area contributed by atoms with E-state index in [0.29, 0.717) is 0 Å². The third kappa shape index (κ3) is 3.71. The molecule has 26 heavy (non-hydrogen) atoms. The molecule has 1 aliphatic rings. The van der Waals surface area contributed by atoms with Crippen molar-refractivity contribution < 1.29 is 5.11 Å². The summed E-state index contributed by atoms with van der Waals surface area (Å²) in [4.78, 5) is 2.45. The number of nitrogens with one attached hydrogen (secondary N) is 1. The molecule has 0 saturated heterocycles. The van der Waals surface area contributed by atoms with E-state index >= 15 is 0 Å². The molecule has 4 nitrogen and oxygen atoms in total. The van der Waals surface area contributed by atoms with Gasteiger partial charge >= 0.3 is 0 Å². The summed E-state index contributed by atoms with van der Waals surface area (Å²) in [5, 5.41) is 18.2. The lowest BCUT2D eigenvalue weighted by atomic mass is 10.0. The molecule has 0 spiro atoms. The highest BCUT2D eigenvalue weighted by Crippen LogP contribution is 2.27. The average Bonchev–Trinajstić information content (AvgIpc) is 3.00. The Bertz CT molecular complexity index is 829. The van der Waals surface area contributed by atoms with E-state index in [9.17, 15) is 5.11 Å². The van der Waals surface area contributed by atoms with E-state index in [-0.39, 0.29) is 6.10 Å². The lowest BCUT2D eigenvalue weighted by Gasteiger charge is -2.21. The van der Waals surface area contributed by atoms with Gasteiger partial charge in [-0.1, -0.05) is 60.7 Å². The first-order valence-electron chi connectivity index (χ1n) is 9.38. The van der Waals surface area contributed by atoms with E-state index in [2.05, 4.69) is 39.4 Å². The van der Waals surface area contributed by atoms with Gasteiger partial charge in [0.1, 0.15) is 0 Å². The Labute approximate surface area is 154 Å². The first kappa shape index (κ1) is 17.0. The third-order valence-electron chi connectivity index (χ3n) is 5.26. The third-order valence-corrected chi connectivity index (χ3v) is 5.26. The molecule has 4 rings (SSSR count). The highest BCUT2D eigenvalue weighted by atomic mass is 16.3. The van der Waals surface area contributed by atoms with Crippen molar-refractivity contribution in [3.63, 3.8) is 0 Å². The molecule has 1 aromatic heterocycles. The van der Waals surface area contributed by atoms with Gasteiger partial charge in [0.2, 0.25) is 0 Å². The van der Waals surface area contributed by atoms with Crippen LogP contribution in [0.25, 0.3) is 11.3 Å². The predicted molar refractivity (Wildman–Crippen MR) is 104 cm³/mol. The average molecular weight is 347 g/mol. The van der Waals surface area contributed by atoms with Crippen LogP contribution in [-0.4, -0.2) is 39.8 Å². The van der Waals surface area contributed by atoms with Gasteiger partial charge in [-0.25, -0.2) is 0 Å². The highest BCUT2D eigenvalue weighted by molar-refractivity contribution is 5.64. The zero-order valence-corrected chi connectivity index (χ0v) is 14.9. The molecule has 1 atom stereocenters. The van der Waals surface area contributed by atoms with Gasteiger partial charge in [-0.15, -0.1) is 0 Å². The quantitative estimate of drug-likeness (QED) is 0.741. The fraction of sp³-hybridized carbons (Fsp3) is 0.318. The van der Waals surface area contributed by atoms with Crippen molar-refractivity contribution in [2.75, 3.05) is 19.6 Å². The van der Waals surface area contributed by atoms with Gasteiger partial charge in [-0.2, -0.15) is 5.10 Å². The molecule has 134 valence electrons. The Morgan fingerprint density at radius 1 is 0.962 bits per heavy atom. The van der Waals surface area contributed by atoms with E-state index in [1.54, 1.807) is 0 Å². The molecular weight excluding hydrogens is 322 g/mol. The summed E-state index contributed by atoms with van der Waals surface area (Å²) in [7, 11) is 0. The SMILES string of the molecule is O[C@@H](CCN1CCc2[nH]nc(-c3ccccc3)c2CC1)c1ccccc1. The van der Waals surface area contributed by atoms with E-state index in [1.165, 1.54) is 16.8 Å². The summed E-state index contributed by atoms with van der Waals surface area (Å²) in [5.41, 5.74) is 5.88. The predicted octanol–water partition coefficient (Wildman–Crippen LogP) is 3.60. The molecule has 4 heteroatoms. The van der Waals surface area contributed by atoms with Gasteiger partial charge in [0.05, 0.1) is 11.8 Å². The topological polar surface area (TPSA) is 52.1 Å². The van der Waals surface area contributed by atoms with Crippen molar-refractivity contribution in [1.29, 1.82) is 0 Å². The number of benzene rings is 2. The number of hydrogen-bond donors (Lipinski definition) is 2. The van der Waals surface area contributed by atoms with Crippen LogP contribution in [0.4, 0.5) is 0 Å². The van der Waals surface area contributed by atoms with Crippen LogP contribution in [0.2, 0.25) is 0 Å². The van der Waals surface area contributed by atoms with Crippen LogP contribution in [0.15, 0.2) is 60.7 Å². The number of nitrogens with zero attached hydrogens (tertiary/aromatic N) is 2. The fourth-order valence-electron chi connectivity index (χ4n) is 3.73. The second kappa shape index (κ2) is 7.85. The Hall–Kier alpha value is -2.43. The smallest absolute Gasteiger partial charge is 0.0955 e. The molecule has 0 unspecified atom stereocenters. The van der Waals surface area contributed by atoms with Crippen molar-refractivity contribution in [3.8, 4) is 11.3 Å². The van der Waals surface area contributed by atoms with Crippen LogP contribution in [0.1, 0.15) is 29.3 Å². The maximum Gasteiger partial charge on any atom is 0.0955 e. The van der Waals surface area contributed by atoms with Crippen LogP contribution in [0, 0.1) is 0 Å². The van der Waals surface area contributed by atoms with E-state index in [0.717, 1.165) is 50.2 Å². The van der Waals surface area contributed by atoms with Crippen LogP contribution < -0.4 is 0 Å². The molecule has 2 aromatic carbocycles. The molecular formula is C22H25N3O. The van der Waals surface area contributed by atoms with Crippen LogP contribution in [0.3, 0.4) is 0 Å². The van der Waals surface area contributed by atoms with E-state index < -0.39 is 0 Å². The minimum Gasteiger partial charge on any atom is -0.388 e. The van der Waals surface area contributed by atoms with Crippen LogP contribution in [0.5, 0.6) is 0 Å². The van der Waals surface area contributed by atoms with Gasteiger partial charge in [0, 0.05) is 42.9 Å². The van der Waals surface area contributed by atoms with Gasteiger partial charge in [0.25, 0.3) is 0 Å². The van der Waals surface area contributed by atoms with Crippen molar-refractivity contribution >= 4 is 0 Å². The number of aromatic nitrogens is 2. The summed E-state index contributed by atoms with van der Waals surface area (Å²) < 4.78 is 0. The monoisotopic (exact) mass is 347 g/mol. The molecule has 2 N–H and O–H groups in total. The molecule has 0 aliphatic carbocycles. The fourth-order valence-corrected chi connectivity index (χ4v) is 3.73. The van der Waals surface area contributed by atoms with Gasteiger partial charge in [-0.05, 0) is 18.4 Å². The van der Waals surface area contributed by atoms with E-state index in [4.69, 9.17) is 0 Å².